The van der Waals surface area contributed by atoms with Crippen molar-refractivity contribution in [1.29, 1.82) is 0 Å². The monoisotopic (exact) mass is 188 g/mol. The van der Waals surface area contributed by atoms with Gasteiger partial charge in [-0.1, -0.05) is 23.4 Å². The summed E-state index contributed by atoms with van der Waals surface area (Å²) in [5, 5.41) is 21.5. The minimum absolute atomic E-state index is 0.121. The maximum Gasteiger partial charge on any atom is 0.141 e. The van der Waals surface area contributed by atoms with E-state index in [0.717, 1.165) is 5.39 Å². The molecule has 0 fully saturated rings. The second-order valence-corrected chi connectivity index (χ2v) is 2.83. The summed E-state index contributed by atoms with van der Waals surface area (Å²) in [6.07, 6.45) is 1.21. The van der Waals surface area contributed by atoms with Gasteiger partial charge in [-0.2, -0.15) is 0 Å². The first-order chi connectivity index (χ1) is 6.81. The van der Waals surface area contributed by atoms with Gasteiger partial charge in [-0.05, 0) is 12.1 Å². The molecule has 0 aliphatic carbocycles. The Balaban J connectivity index is 2.69. The summed E-state index contributed by atoms with van der Waals surface area (Å²) in [6.45, 7) is 0. The summed E-state index contributed by atoms with van der Waals surface area (Å²) in [4.78, 5) is 4.11. The van der Waals surface area contributed by atoms with Crippen molar-refractivity contribution >= 4 is 17.1 Å². The summed E-state index contributed by atoms with van der Waals surface area (Å²) in [7, 11) is 0. The fourth-order valence-electron chi connectivity index (χ4n) is 1.28. The van der Waals surface area contributed by atoms with Crippen LogP contribution in [0.1, 0.15) is 5.69 Å². The standard InChI is InChI=1S/C10H8N2O2/c13-9-3-1-2-7-4-5-8(6-11-14)12-10(7)9/h1-6,13-14H/b11-6+. The Morgan fingerprint density at radius 2 is 2.07 bits per heavy atom. The summed E-state index contributed by atoms with van der Waals surface area (Å²) >= 11 is 0. The predicted molar refractivity (Wildman–Crippen MR) is 52.8 cm³/mol. The quantitative estimate of drug-likeness (QED) is 0.407. The highest BCUT2D eigenvalue weighted by Crippen LogP contribution is 2.21. The van der Waals surface area contributed by atoms with E-state index in [1.54, 1.807) is 24.3 Å². The van der Waals surface area contributed by atoms with Crippen LogP contribution in [0.4, 0.5) is 0 Å². The van der Waals surface area contributed by atoms with Gasteiger partial charge in [0.1, 0.15) is 11.3 Å². The predicted octanol–water partition coefficient (Wildman–Crippen LogP) is 1.75. The Labute approximate surface area is 80.1 Å². The minimum Gasteiger partial charge on any atom is -0.506 e. The second kappa shape index (κ2) is 3.33. The number of phenols is 1. The van der Waals surface area contributed by atoms with Gasteiger partial charge in [-0.15, -0.1) is 0 Å². The number of nitrogens with zero attached hydrogens (tertiary/aromatic N) is 2. The molecule has 2 aromatic rings. The fourth-order valence-corrected chi connectivity index (χ4v) is 1.28. The lowest BCUT2D eigenvalue weighted by atomic mass is 10.2. The molecule has 0 unspecified atom stereocenters. The molecular formula is C10H8N2O2. The van der Waals surface area contributed by atoms with Crippen LogP contribution in [-0.4, -0.2) is 21.5 Å². The number of benzene rings is 1. The van der Waals surface area contributed by atoms with Crippen LogP contribution in [-0.2, 0) is 0 Å². The molecule has 0 saturated carbocycles. The van der Waals surface area contributed by atoms with Crippen molar-refractivity contribution in [2.75, 3.05) is 0 Å². The number of rotatable bonds is 1. The lowest BCUT2D eigenvalue weighted by Gasteiger charge is -1.99. The maximum atomic E-state index is 9.49. The van der Waals surface area contributed by atoms with Crippen LogP contribution in [0.25, 0.3) is 10.9 Å². The Kier molecular flexibility index (Phi) is 2.02. The molecule has 14 heavy (non-hydrogen) atoms. The van der Waals surface area contributed by atoms with Crippen molar-refractivity contribution < 1.29 is 10.3 Å². The molecule has 2 rings (SSSR count). The third kappa shape index (κ3) is 1.37. The number of fused-ring (bicyclic) bond motifs is 1. The van der Waals surface area contributed by atoms with E-state index in [1.165, 1.54) is 6.21 Å². The zero-order valence-electron chi connectivity index (χ0n) is 7.25. The number of hydrogen-bond acceptors (Lipinski definition) is 4. The zero-order chi connectivity index (χ0) is 9.97. The van der Waals surface area contributed by atoms with Gasteiger partial charge in [0.15, 0.2) is 0 Å². The number of phenolic OH excluding ortho intramolecular Hbond substituents is 1. The van der Waals surface area contributed by atoms with Gasteiger partial charge < -0.3 is 10.3 Å². The average molecular weight is 188 g/mol. The van der Waals surface area contributed by atoms with Crippen LogP contribution in [0.2, 0.25) is 0 Å². The number of oxime groups is 1. The molecule has 70 valence electrons. The molecule has 1 aromatic heterocycles. The van der Waals surface area contributed by atoms with Crippen molar-refractivity contribution in [2.24, 2.45) is 5.16 Å². The molecule has 0 atom stereocenters. The molecule has 0 amide bonds. The van der Waals surface area contributed by atoms with Crippen LogP contribution in [0, 0.1) is 0 Å². The normalized spacial score (nSPS) is 11.1. The van der Waals surface area contributed by atoms with Gasteiger partial charge in [0.2, 0.25) is 0 Å². The summed E-state index contributed by atoms with van der Waals surface area (Å²) in [6, 6.07) is 8.68. The molecular weight excluding hydrogens is 180 g/mol. The van der Waals surface area contributed by atoms with E-state index in [2.05, 4.69) is 10.1 Å². The number of aromatic nitrogens is 1. The Morgan fingerprint density at radius 3 is 2.86 bits per heavy atom. The third-order valence-electron chi connectivity index (χ3n) is 1.91. The van der Waals surface area contributed by atoms with E-state index in [9.17, 15) is 5.11 Å². The van der Waals surface area contributed by atoms with Crippen LogP contribution < -0.4 is 0 Å². The SMILES string of the molecule is O/N=C/c1ccc2cccc(O)c2n1. The Hall–Kier alpha value is -2.10. The van der Waals surface area contributed by atoms with E-state index < -0.39 is 0 Å². The fraction of sp³-hybridized carbons (Fsp3) is 0. The van der Waals surface area contributed by atoms with Gasteiger partial charge in [0.05, 0.1) is 11.9 Å². The van der Waals surface area contributed by atoms with E-state index in [1.807, 2.05) is 6.07 Å². The molecule has 0 saturated heterocycles. The second-order valence-electron chi connectivity index (χ2n) is 2.83. The highest BCUT2D eigenvalue weighted by atomic mass is 16.4. The maximum absolute atomic E-state index is 9.49. The highest BCUT2D eigenvalue weighted by molar-refractivity contribution is 5.88. The smallest absolute Gasteiger partial charge is 0.141 e. The van der Waals surface area contributed by atoms with Crippen molar-refractivity contribution in [3.8, 4) is 5.75 Å². The van der Waals surface area contributed by atoms with E-state index in [-0.39, 0.29) is 5.75 Å². The van der Waals surface area contributed by atoms with Crippen molar-refractivity contribution in [2.45, 2.75) is 0 Å². The number of aromatic hydroxyl groups is 1. The first-order valence-corrected chi connectivity index (χ1v) is 4.07. The zero-order valence-corrected chi connectivity index (χ0v) is 7.25. The molecule has 0 aliphatic heterocycles. The van der Waals surface area contributed by atoms with Crippen LogP contribution in [0.15, 0.2) is 35.5 Å². The molecule has 0 aliphatic rings. The molecule has 0 radical (unpaired) electrons. The Bertz CT molecular complexity index is 494. The lowest BCUT2D eigenvalue weighted by Crippen LogP contribution is -1.88. The topological polar surface area (TPSA) is 65.7 Å². The van der Waals surface area contributed by atoms with Crippen molar-refractivity contribution in [3.05, 3.63) is 36.0 Å². The van der Waals surface area contributed by atoms with E-state index >= 15 is 0 Å². The summed E-state index contributed by atoms with van der Waals surface area (Å²) < 4.78 is 0. The highest BCUT2D eigenvalue weighted by Gasteiger charge is 2.00. The van der Waals surface area contributed by atoms with E-state index in [4.69, 9.17) is 5.21 Å². The lowest BCUT2D eigenvalue weighted by molar-refractivity contribution is 0.321. The van der Waals surface area contributed by atoms with Crippen molar-refractivity contribution in [1.82, 2.24) is 4.98 Å². The number of hydrogen-bond donors (Lipinski definition) is 2. The summed E-state index contributed by atoms with van der Waals surface area (Å²) in [5.74, 6) is 0.121. The molecule has 4 heteroatoms. The van der Waals surface area contributed by atoms with Gasteiger partial charge in [0, 0.05) is 5.39 Å². The largest absolute Gasteiger partial charge is 0.506 e. The van der Waals surface area contributed by atoms with Gasteiger partial charge in [0.25, 0.3) is 0 Å². The molecule has 2 N–H and O–H groups in total. The van der Waals surface area contributed by atoms with Crippen LogP contribution in [0.5, 0.6) is 5.75 Å². The number of pyridine rings is 1. The number of para-hydroxylation sites is 1. The first-order valence-electron chi connectivity index (χ1n) is 4.07. The molecule has 0 spiro atoms. The summed E-state index contributed by atoms with van der Waals surface area (Å²) in [5.41, 5.74) is 1.01. The van der Waals surface area contributed by atoms with Gasteiger partial charge in [-0.25, -0.2) is 4.98 Å². The minimum atomic E-state index is 0.121. The Morgan fingerprint density at radius 1 is 1.21 bits per heavy atom. The van der Waals surface area contributed by atoms with Crippen LogP contribution in [0.3, 0.4) is 0 Å². The molecule has 4 nitrogen and oxygen atoms in total. The van der Waals surface area contributed by atoms with E-state index in [0.29, 0.717) is 11.2 Å². The van der Waals surface area contributed by atoms with Crippen LogP contribution >= 0.6 is 0 Å². The third-order valence-corrected chi connectivity index (χ3v) is 1.91. The molecule has 1 heterocycles. The van der Waals surface area contributed by atoms with Gasteiger partial charge >= 0.3 is 0 Å². The first kappa shape index (κ1) is 8.50. The molecule has 1 aromatic carbocycles. The van der Waals surface area contributed by atoms with Gasteiger partial charge in [-0.3, -0.25) is 0 Å². The average Bonchev–Trinajstić information content (AvgIpc) is 2.20. The molecule has 0 bridgehead atoms. The van der Waals surface area contributed by atoms with Crippen molar-refractivity contribution in [3.63, 3.8) is 0 Å².